The van der Waals surface area contributed by atoms with E-state index in [4.69, 9.17) is 37.0 Å². The highest BCUT2D eigenvalue weighted by Crippen LogP contribution is 2.45. The highest BCUT2D eigenvalue weighted by molar-refractivity contribution is 7.47. The summed E-state index contributed by atoms with van der Waals surface area (Å²) >= 11 is 0. The first kappa shape index (κ1) is 89.5. The predicted molar refractivity (Wildman–Crippen MR) is 372 cm³/mol. The number of unbranched alkanes of at least 4 members (excludes halogenated alkanes) is 32. The van der Waals surface area contributed by atoms with Gasteiger partial charge in [-0.05, 0) is 69.1 Å². The highest BCUT2D eigenvalue weighted by atomic mass is 31.2. The van der Waals surface area contributed by atoms with Crippen molar-refractivity contribution in [1.29, 1.82) is 0 Å². The number of carbonyl (C=O) groups is 4. The van der Waals surface area contributed by atoms with E-state index in [1.54, 1.807) is 0 Å². The van der Waals surface area contributed by atoms with Crippen LogP contribution in [-0.4, -0.2) is 96.7 Å². The monoisotopic (exact) mass is 1350 g/mol. The molecule has 0 aromatic carbocycles. The van der Waals surface area contributed by atoms with Crippen LogP contribution in [0.1, 0.15) is 344 Å². The van der Waals surface area contributed by atoms with Crippen LogP contribution in [-0.2, 0) is 65.4 Å². The fourth-order valence-electron chi connectivity index (χ4n) is 10.5. The number of ether oxygens (including phenoxy) is 4. The van der Waals surface area contributed by atoms with Gasteiger partial charge in [0.2, 0.25) is 0 Å². The standard InChI is InChI=1S/C73H138O17P2/c1-8-11-12-13-14-15-16-17-18-22-25-28-31-40-47-54-70(75)83-60-68(89-72(77)56-49-42-32-29-26-23-20-19-21-24-27-30-38-45-52-65(6)9-2)62-87-91(79,80)85-58-67(74)59-86-92(81,82)88-63-69(90-73(78)57-50-43-35-33-37-44-51-64(4)5)61-84-71(76)55-48-41-36-34-39-46-53-66(7)10-3/h15-18,64-69,74H,8-14,19-63H2,1-7H3,(H,79,80)(H,81,82)/b16-15-,18-17-/t65?,66?,67-,68-,69-/m1/s1. The molecule has 0 amide bonds. The van der Waals surface area contributed by atoms with Crippen molar-refractivity contribution in [1.82, 2.24) is 0 Å². The largest absolute Gasteiger partial charge is 0.472 e. The molecule has 0 saturated heterocycles. The lowest BCUT2D eigenvalue weighted by atomic mass is 9.99. The van der Waals surface area contributed by atoms with Gasteiger partial charge < -0.3 is 33.8 Å². The Labute approximate surface area is 561 Å². The summed E-state index contributed by atoms with van der Waals surface area (Å²) in [5.41, 5.74) is 0. The second kappa shape index (κ2) is 63.3. The average molecular weight is 1350 g/mol. The molecule has 3 N–H and O–H groups in total. The zero-order chi connectivity index (χ0) is 68.0. The van der Waals surface area contributed by atoms with Crippen molar-refractivity contribution in [3.8, 4) is 0 Å². The van der Waals surface area contributed by atoms with Crippen molar-refractivity contribution in [2.24, 2.45) is 17.8 Å². The molecule has 0 radical (unpaired) electrons. The van der Waals surface area contributed by atoms with Gasteiger partial charge in [-0.2, -0.15) is 0 Å². The molecule has 0 aliphatic rings. The van der Waals surface area contributed by atoms with Crippen LogP contribution in [0.2, 0.25) is 0 Å². The molecule has 0 saturated carbocycles. The molecule has 0 aromatic rings. The van der Waals surface area contributed by atoms with E-state index >= 15 is 0 Å². The van der Waals surface area contributed by atoms with Crippen LogP contribution in [0.15, 0.2) is 24.3 Å². The quantitative estimate of drug-likeness (QED) is 0.0169. The molecule has 4 unspecified atom stereocenters. The van der Waals surface area contributed by atoms with E-state index in [0.29, 0.717) is 31.6 Å². The van der Waals surface area contributed by atoms with E-state index in [1.165, 1.54) is 128 Å². The second-order valence-electron chi connectivity index (χ2n) is 26.6. The van der Waals surface area contributed by atoms with Gasteiger partial charge in [-0.25, -0.2) is 9.13 Å². The Bertz CT molecular complexity index is 1900. The fourth-order valence-corrected chi connectivity index (χ4v) is 12.0. The van der Waals surface area contributed by atoms with E-state index < -0.39 is 97.5 Å². The van der Waals surface area contributed by atoms with Gasteiger partial charge in [-0.1, -0.05) is 291 Å². The summed E-state index contributed by atoms with van der Waals surface area (Å²) in [6.07, 6.45) is 51.0. The topological polar surface area (TPSA) is 237 Å². The van der Waals surface area contributed by atoms with E-state index in [-0.39, 0.29) is 25.7 Å². The summed E-state index contributed by atoms with van der Waals surface area (Å²) in [5.74, 6) is 0.0819. The summed E-state index contributed by atoms with van der Waals surface area (Å²) in [4.78, 5) is 72.6. The van der Waals surface area contributed by atoms with Gasteiger partial charge in [0.05, 0.1) is 26.4 Å². The Hall–Kier alpha value is -2.46. The maximum atomic E-state index is 13.0. The third-order valence-corrected chi connectivity index (χ3v) is 18.9. The van der Waals surface area contributed by atoms with Gasteiger partial charge >= 0.3 is 39.5 Å². The number of hydrogen-bond acceptors (Lipinski definition) is 15. The van der Waals surface area contributed by atoms with Crippen LogP contribution in [0.25, 0.3) is 0 Å². The van der Waals surface area contributed by atoms with Gasteiger partial charge in [0.1, 0.15) is 19.3 Å². The number of allylic oxidation sites excluding steroid dienone is 4. The van der Waals surface area contributed by atoms with Gasteiger partial charge in [0, 0.05) is 25.7 Å². The first-order valence-corrected chi connectivity index (χ1v) is 40.2. The number of rotatable bonds is 69. The Kier molecular flexibility index (Phi) is 61.6. The minimum atomic E-state index is -4.96. The molecule has 542 valence electrons. The summed E-state index contributed by atoms with van der Waals surface area (Å²) in [5, 5.41) is 10.6. The molecule has 0 aliphatic carbocycles. The lowest BCUT2D eigenvalue weighted by Crippen LogP contribution is -2.30. The Morgan fingerprint density at radius 3 is 0.967 bits per heavy atom. The third kappa shape index (κ3) is 63.6. The van der Waals surface area contributed by atoms with E-state index in [2.05, 4.69) is 72.8 Å². The third-order valence-electron chi connectivity index (χ3n) is 17.0. The number of phosphoric ester groups is 2. The van der Waals surface area contributed by atoms with Gasteiger partial charge in [-0.15, -0.1) is 0 Å². The number of esters is 4. The number of hydrogen-bond donors (Lipinski definition) is 3. The van der Waals surface area contributed by atoms with Crippen molar-refractivity contribution in [3.63, 3.8) is 0 Å². The van der Waals surface area contributed by atoms with E-state index in [9.17, 15) is 43.2 Å². The summed E-state index contributed by atoms with van der Waals surface area (Å²) in [6, 6.07) is 0. The number of phosphoric acid groups is 2. The first-order valence-electron chi connectivity index (χ1n) is 37.2. The molecule has 0 rings (SSSR count). The maximum Gasteiger partial charge on any atom is 0.472 e. The van der Waals surface area contributed by atoms with E-state index in [1.807, 2.05) is 0 Å². The van der Waals surface area contributed by atoms with Crippen LogP contribution in [0, 0.1) is 17.8 Å². The van der Waals surface area contributed by atoms with Crippen LogP contribution < -0.4 is 0 Å². The van der Waals surface area contributed by atoms with Gasteiger partial charge in [0.25, 0.3) is 0 Å². The van der Waals surface area contributed by atoms with Crippen LogP contribution in [0.3, 0.4) is 0 Å². The molecule has 19 heteroatoms. The van der Waals surface area contributed by atoms with Crippen molar-refractivity contribution < 1.29 is 80.2 Å². The molecular weight excluding hydrogens is 1210 g/mol. The minimum absolute atomic E-state index is 0.0987. The molecule has 7 atom stereocenters. The summed E-state index contributed by atoms with van der Waals surface area (Å²) in [7, 11) is -9.92. The van der Waals surface area contributed by atoms with Crippen molar-refractivity contribution >= 4 is 39.5 Å². The minimum Gasteiger partial charge on any atom is -0.462 e. The first-order chi connectivity index (χ1) is 44.3. The van der Waals surface area contributed by atoms with Crippen LogP contribution in [0.5, 0.6) is 0 Å². The second-order valence-corrected chi connectivity index (χ2v) is 29.5. The molecule has 92 heavy (non-hydrogen) atoms. The highest BCUT2D eigenvalue weighted by Gasteiger charge is 2.30. The van der Waals surface area contributed by atoms with Crippen molar-refractivity contribution in [2.75, 3.05) is 39.6 Å². The number of carbonyl (C=O) groups excluding carboxylic acids is 4. The number of aliphatic hydroxyl groups excluding tert-OH is 1. The normalized spacial score (nSPS) is 14.9. The molecular formula is C73H138O17P2. The molecule has 0 heterocycles. The molecule has 0 aromatic heterocycles. The Morgan fingerprint density at radius 1 is 0.359 bits per heavy atom. The predicted octanol–water partition coefficient (Wildman–Crippen LogP) is 20.6. The summed E-state index contributed by atoms with van der Waals surface area (Å²) < 4.78 is 68.3. The lowest BCUT2D eigenvalue weighted by molar-refractivity contribution is -0.161. The molecule has 0 fully saturated rings. The number of aliphatic hydroxyl groups is 1. The van der Waals surface area contributed by atoms with Crippen molar-refractivity contribution in [2.45, 2.75) is 362 Å². The molecule has 17 nitrogen and oxygen atoms in total. The van der Waals surface area contributed by atoms with E-state index in [0.717, 1.165) is 127 Å². The molecule has 0 spiro atoms. The Balaban J connectivity index is 5.26. The Morgan fingerprint density at radius 2 is 0.641 bits per heavy atom. The SMILES string of the molecule is CCCCCC/C=C\C=C/CCCCCCCC(=O)OC[C@H](COP(=O)(O)OC[C@@H](O)COP(=O)(O)OC[C@@H](COC(=O)CCCCCCCCC(C)CC)OC(=O)CCCCCCCCC(C)C)OC(=O)CCCCCCCCCCCCCCCCC(C)CC. The van der Waals surface area contributed by atoms with Gasteiger partial charge in [0.15, 0.2) is 12.2 Å². The van der Waals surface area contributed by atoms with Crippen molar-refractivity contribution in [3.05, 3.63) is 24.3 Å². The summed E-state index contributed by atoms with van der Waals surface area (Å²) in [6.45, 7) is 11.7. The lowest BCUT2D eigenvalue weighted by Gasteiger charge is -2.21. The maximum absolute atomic E-state index is 13.0. The molecule has 0 aliphatic heterocycles. The zero-order valence-corrected chi connectivity index (χ0v) is 61.3. The average Bonchev–Trinajstić information content (AvgIpc) is 3.74. The van der Waals surface area contributed by atoms with Crippen LogP contribution >= 0.6 is 15.6 Å². The smallest absolute Gasteiger partial charge is 0.462 e. The fraction of sp³-hybridized carbons (Fsp3) is 0.890. The van der Waals surface area contributed by atoms with Gasteiger partial charge in [-0.3, -0.25) is 37.3 Å². The molecule has 0 bridgehead atoms. The van der Waals surface area contributed by atoms with Crippen LogP contribution in [0.4, 0.5) is 0 Å². The zero-order valence-electron chi connectivity index (χ0n) is 59.5.